The lowest BCUT2D eigenvalue weighted by molar-refractivity contribution is 0.478. The van der Waals surface area contributed by atoms with Crippen LogP contribution in [0.15, 0.2) is 34.1 Å². The molecular weight excluding hydrogens is 446 g/mol. The third kappa shape index (κ3) is 4.11. The van der Waals surface area contributed by atoms with Crippen LogP contribution in [-0.2, 0) is 30.4 Å². The van der Waals surface area contributed by atoms with Gasteiger partial charge in [0.05, 0.1) is 10.6 Å². The smallest absolute Gasteiger partial charge is 0.295 e. The molecule has 10 nitrogen and oxygen atoms in total. The van der Waals surface area contributed by atoms with Crippen molar-refractivity contribution in [2.24, 2.45) is 0 Å². The first-order chi connectivity index (χ1) is 13.1. The lowest BCUT2D eigenvalue weighted by atomic mass is 9.93. The third-order valence-corrected chi connectivity index (χ3v) is 7.66. The van der Waals surface area contributed by atoms with E-state index in [0.717, 1.165) is 6.07 Å². The first kappa shape index (κ1) is 21.9. The summed E-state index contributed by atoms with van der Waals surface area (Å²) in [6.45, 7) is 3.56. The highest BCUT2D eigenvalue weighted by atomic mass is 32.2. The first-order valence-electron chi connectivity index (χ1n) is 8.38. The van der Waals surface area contributed by atoms with Crippen LogP contribution in [0.5, 0.6) is 0 Å². The fourth-order valence-corrected chi connectivity index (χ4v) is 5.51. The van der Waals surface area contributed by atoms with Crippen molar-refractivity contribution in [3.63, 3.8) is 0 Å². The van der Waals surface area contributed by atoms with Crippen LogP contribution < -0.4 is 4.90 Å². The summed E-state index contributed by atoms with van der Waals surface area (Å²) in [5.74, 6) is -0.802. The second kappa shape index (κ2) is 6.89. The number of rotatable bonds is 5. The summed E-state index contributed by atoms with van der Waals surface area (Å²) < 4.78 is 97.3. The Labute approximate surface area is 168 Å². The number of nitrogens with zero attached hydrogens (tertiary/aromatic N) is 1. The average Bonchev–Trinajstić information content (AvgIpc) is 2.80. The van der Waals surface area contributed by atoms with E-state index in [1.54, 1.807) is 24.8 Å². The predicted molar refractivity (Wildman–Crippen MR) is 105 cm³/mol. The number of benzene rings is 2. The Morgan fingerprint density at radius 3 is 2.03 bits per heavy atom. The zero-order valence-electron chi connectivity index (χ0n) is 15.3. The van der Waals surface area contributed by atoms with Crippen LogP contribution in [0.1, 0.15) is 25.3 Å². The Balaban J connectivity index is 2.34. The van der Waals surface area contributed by atoms with Gasteiger partial charge < -0.3 is 4.90 Å². The molecule has 1 aliphatic heterocycles. The van der Waals surface area contributed by atoms with Crippen molar-refractivity contribution in [3.8, 4) is 0 Å². The van der Waals surface area contributed by atoms with E-state index >= 15 is 0 Å². The maximum absolute atomic E-state index is 11.8. The number of hydrogen-bond donors (Lipinski definition) is 3. The Morgan fingerprint density at radius 2 is 1.52 bits per heavy atom. The van der Waals surface area contributed by atoms with Gasteiger partial charge in [-0.05, 0) is 36.1 Å². The molecule has 2 aromatic carbocycles. The molecule has 0 aromatic heterocycles. The van der Waals surface area contributed by atoms with Gasteiger partial charge in [-0.1, -0.05) is 13.0 Å². The molecule has 0 aliphatic carbocycles. The van der Waals surface area contributed by atoms with E-state index < -0.39 is 45.9 Å². The summed E-state index contributed by atoms with van der Waals surface area (Å²) in [6.07, 6.45) is 0. The molecule has 0 amide bonds. The molecule has 3 N–H and O–H groups in total. The van der Waals surface area contributed by atoms with Gasteiger partial charge in [0.1, 0.15) is 4.90 Å². The molecule has 0 bridgehead atoms. The molecule has 13 heteroatoms. The van der Waals surface area contributed by atoms with Crippen LogP contribution >= 0.6 is 0 Å². The minimum Gasteiger partial charge on any atom is -0.367 e. The Bertz CT molecular complexity index is 1320. The van der Waals surface area contributed by atoms with Gasteiger partial charge in [-0.15, -0.1) is 0 Å². The van der Waals surface area contributed by atoms with Crippen molar-refractivity contribution in [1.29, 1.82) is 0 Å². The Kier molecular flexibility index (Phi) is 5.21. The molecule has 1 aliphatic rings. The summed E-state index contributed by atoms with van der Waals surface area (Å²) in [5, 5.41) is 0.258. The van der Waals surface area contributed by atoms with E-state index in [2.05, 4.69) is 0 Å². The van der Waals surface area contributed by atoms with E-state index in [1.165, 1.54) is 6.07 Å². The maximum atomic E-state index is 11.8. The summed E-state index contributed by atoms with van der Waals surface area (Å²) >= 11 is 0. The molecule has 2 unspecified atom stereocenters. The van der Waals surface area contributed by atoms with Gasteiger partial charge in [-0.25, -0.2) is 0 Å². The second-order valence-electron chi connectivity index (χ2n) is 6.97. The van der Waals surface area contributed by atoms with Gasteiger partial charge in [0.25, 0.3) is 30.4 Å². The number of hydrogen-bond acceptors (Lipinski definition) is 7. The first-order valence-corrected chi connectivity index (χ1v) is 12.9. The highest BCUT2D eigenvalue weighted by Crippen LogP contribution is 2.46. The molecule has 3 rings (SSSR count). The average molecular weight is 466 g/mol. The second-order valence-corrected chi connectivity index (χ2v) is 11.4. The summed E-state index contributed by atoms with van der Waals surface area (Å²) in [6, 6.07) is 4.47. The lowest BCUT2D eigenvalue weighted by Crippen LogP contribution is -2.34. The van der Waals surface area contributed by atoms with Gasteiger partial charge >= 0.3 is 0 Å². The van der Waals surface area contributed by atoms with Crippen molar-refractivity contribution in [2.75, 3.05) is 17.2 Å². The van der Waals surface area contributed by atoms with Crippen LogP contribution in [0.2, 0.25) is 0 Å². The van der Waals surface area contributed by atoms with Crippen LogP contribution in [0.4, 0.5) is 5.69 Å². The highest BCUT2D eigenvalue weighted by molar-refractivity contribution is 7.87. The molecular formula is C16H19NO9S3. The van der Waals surface area contributed by atoms with Crippen molar-refractivity contribution >= 4 is 46.8 Å². The molecule has 160 valence electrons. The standard InChI is InChI=1S/C16H19NO9S3/c1-9-10(2)17(5-6-27(18,19)20)14-4-3-12-13(16(9)14)7-11(28(21,22)23)8-15(12)29(24,25)26/h3-4,7-10H,5-6H2,1-2H3,(H,18,19,20)(H,21,22,23)(H,24,25,26). The zero-order chi connectivity index (χ0) is 21.9. The fourth-order valence-electron chi connectivity index (χ4n) is 3.75. The predicted octanol–water partition coefficient (Wildman–Crippen LogP) is 1.53. The van der Waals surface area contributed by atoms with Crippen molar-refractivity contribution in [2.45, 2.75) is 35.6 Å². The largest absolute Gasteiger partial charge is 0.367 e. The minimum absolute atomic E-state index is 0.0357. The van der Waals surface area contributed by atoms with Crippen molar-refractivity contribution in [3.05, 3.63) is 29.8 Å². The third-order valence-electron chi connectivity index (χ3n) is 5.24. The molecule has 2 aromatic rings. The SMILES string of the molecule is CC1c2c(ccc3c(S(=O)(=O)O)cc(S(=O)(=O)O)cc23)N(CCS(=O)(=O)O)C1C. The summed E-state index contributed by atoms with van der Waals surface area (Å²) in [4.78, 5) is 0.351. The number of fused-ring (bicyclic) bond motifs is 3. The van der Waals surface area contributed by atoms with E-state index in [9.17, 15) is 34.4 Å². The van der Waals surface area contributed by atoms with Crippen molar-refractivity contribution < 1.29 is 38.9 Å². The van der Waals surface area contributed by atoms with Gasteiger partial charge in [0, 0.05) is 29.6 Å². The molecule has 0 radical (unpaired) electrons. The Hall–Kier alpha value is -1.77. The van der Waals surface area contributed by atoms with Gasteiger partial charge in [0.15, 0.2) is 0 Å². The normalized spacial score (nSPS) is 20.2. The van der Waals surface area contributed by atoms with Crippen LogP contribution in [-0.4, -0.2) is 57.3 Å². The fraction of sp³-hybridized carbons (Fsp3) is 0.375. The molecule has 29 heavy (non-hydrogen) atoms. The molecule has 0 spiro atoms. The quantitative estimate of drug-likeness (QED) is 0.551. The topological polar surface area (TPSA) is 166 Å². The van der Waals surface area contributed by atoms with Crippen LogP contribution in [0.3, 0.4) is 0 Å². The summed E-state index contributed by atoms with van der Waals surface area (Å²) in [5.41, 5.74) is 1.08. The van der Waals surface area contributed by atoms with Crippen molar-refractivity contribution in [1.82, 2.24) is 0 Å². The van der Waals surface area contributed by atoms with Crippen LogP contribution in [0.25, 0.3) is 10.8 Å². The van der Waals surface area contributed by atoms with E-state index in [-0.39, 0.29) is 29.3 Å². The zero-order valence-corrected chi connectivity index (χ0v) is 17.8. The van der Waals surface area contributed by atoms with Gasteiger partial charge in [-0.3, -0.25) is 13.7 Å². The molecule has 0 saturated carbocycles. The van der Waals surface area contributed by atoms with Crippen LogP contribution in [0, 0.1) is 0 Å². The van der Waals surface area contributed by atoms with Gasteiger partial charge in [-0.2, -0.15) is 25.3 Å². The molecule has 2 atom stereocenters. The number of anilines is 1. The summed E-state index contributed by atoms with van der Waals surface area (Å²) in [7, 11) is -13.8. The Morgan fingerprint density at radius 1 is 0.897 bits per heavy atom. The maximum Gasteiger partial charge on any atom is 0.295 e. The molecule has 0 saturated heterocycles. The van der Waals surface area contributed by atoms with E-state index in [4.69, 9.17) is 4.55 Å². The van der Waals surface area contributed by atoms with Gasteiger partial charge in [0.2, 0.25) is 0 Å². The minimum atomic E-state index is -4.81. The lowest BCUT2D eigenvalue weighted by Gasteiger charge is -2.25. The monoisotopic (exact) mass is 465 g/mol. The highest BCUT2D eigenvalue weighted by Gasteiger charge is 2.35. The van der Waals surface area contributed by atoms with E-state index in [0.29, 0.717) is 17.3 Å². The van der Waals surface area contributed by atoms with E-state index in [1.807, 2.05) is 0 Å². The molecule has 0 fully saturated rings. The molecule has 1 heterocycles.